The summed E-state index contributed by atoms with van der Waals surface area (Å²) < 4.78 is 23.0. The van der Waals surface area contributed by atoms with Crippen LogP contribution in [0.1, 0.15) is 22.3 Å². The molecule has 0 unspecified atom stereocenters. The van der Waals surface area contributed by atoms with Crippen molar-refractivity contribution in [1.82, 2.24) is 0 Å². The average molecular weight is 369 g/mol. The second kappa shape index (κ2) is 10.4. The fourth-order valence-electron chi connectivity index (χ4n) is 2.70. The van der Waals surface area contributed by atoms with Gasteiger partial charge in [0.05, 0.1) is 7.11 Å². The third-order valence-electron chi connectivity index (χ3n) is 3.89. The Morgan fingerprint density at radius 2 is 1.23 bits per heavy atom. The fourth-order valence-corrected chi connectivity index (χ4v) is 2.70. The first-order valence-electron chi connectivity index (χ1n) is 8.21. The average Bonchev–Trinajstić information content (AvgIpc) is 2.64. The maximum Gasteiger partial charge on any atom is 0.198 e. The Kier molecular flexibility index (Phi) is 7.86. The van der Waals surface area contributed by atoms with Gasteiger partial charge in [-0.2, -0.15) is 0 Å². The predicted molar refractivity (Wildman–Crippen MR) is 106 cm³/mol. The Labute approximate surface area is 156 Å². The van der Waals surface area contributed by atoms with Gasteiger partial charge < -0.3 is 4.74 Å². The Hall–Kier alpha value is -2.63. The van der Waals surface area contributed by atoms with E-state index in [0.717, 1.165) is 18.6 Å². The molecule has 0 saturated carbocycles. The lowest BCUT2D eigenvalue weighted by Crippen LogP contribution is -1.98. The summed E-state index contributed by atoms with van der Waals surface area (Å²) in [5.74, 6) is 0.919. The van der Waals surface area contributed by atoms with E-state index >= 15 is 0 Å². The van der Waals surface area contributed by atoms with Gasteiger partial charge in [0.2, 0.25) is 0 Å². The number of rotatable bonds is 5. The molecule has 0 aliphatic heterocycles. The Balaban J connectivity index is 0.000000552. The molecule has 0 fully saturated rings. The van der Waals surface area contributed by atoms with Gasteiger partial charge in [0.15, 0.2) is 10.9 Å². The summed E-state index contributed by atoms with van der Waals surface area (Å²) in [7, 11) is -0.900. The van der Waals surface area contributed by atoms with Crippen molar-refractivity contribution in [3.8, 4) is 5.75 Å². The molecule has 0 spiro atoms. The smallest absolute Gasteiger partial charge is 0.198 e. The molecule has 0 saturated heterocycles. The molecule has 3 aromatic carbocycles. The van der Waals surface area contributed by atoms with Crippen LogP contribution in [0.5, 0.6) is 5.75 Å². The van der Waals surface area contributed by atoms with E-state index in [1.807, 2.05) is 6.07 Å². The van der Waals surface area contributed by atoms with Crippen molar-refractivity contribution >= 4 is 10.9 Å². The lowest BCUT2D eigenvalue weighted by molar-refractivity contribution is 0.414. The number of thiol groups is 1. The lowest BCUT2D eigenvalue weighted by atomic mass is 9.95. The molecule has 0 heterocycles. The number of hydrogen-bond donors (Lipinski definition) is 2. The van der Waals surface area contributed by atoms with Gasteiger partial charge in [-0.1, -0.05) is 66.7 Å². The molecule has 0 radical (unpaired) electrons. The molecular weight excluding hydrogens is 346 g/mol. The molecule has 0 aliphatic rings. The van der Waals surface area contributed by atoms with Gasteiger partial charge >= 0.3 is 0 Å². The Morgan fingerprint density at radius 3 is 1.69 bits per heavy atom. The summed E-state index contributed by atoms with van der Waals surface area (Å²) in [4.78, 5) is 0. The van der Waals surface area contributed by atoms with E-state index in [1.165, 1.54) is 22.3 Å². The zero-order chi connectivity index (χ0) is 18.8. The normalized spacial score (nSPS) is 10.1. The number of nitrogens with two attached hydrogens (primary N) is 1. The molecule has 0 aliphatic carbocycles. The van der Waals surface area contributed by atoms with E-state index in [9.17, 15) is 0 Å². The maximum absolute atomic E-state index is 8.81. The molecule has 0 atom stereocenters. The van der Waals surface area contributed by atoms with Crippen molar-refractivity contribution in [1.29, 1.82) is 0 Å². The minimum Gasteiger partial charge on any atom is -0.497 e. The van der Waals surface area contributed by atoms with Crippen molar-refractivity contribution in [2.75, 3.05) is 7.11 Å². The van der Waals surface area contributed by atoms with E-state index in [2.05, 4.69) is 77.9 Å². The van der Waals surface area contributed by atoms with Crippen LogP contribution < -0.4 is 9.88 Å². The summed E-state index contributed by atoms with van der Waals surface area (Å²) in [5.41, 5.74) is 5.34. The highest BCUT2D eigenvalue weighted by Gasteiger charge is 2.07. The highest BCUT2D eigenvalue weighted by molar-refractivity contribution is 7.69. The van der Waals surface area contributed by atoms with Gasteiger partial charge in [-0.15, -0.1) is 0 Å². The zero-order valence-electron chi connectivity index (χ0n) is 14.7. The van der Waals surface area contributed by atoms with Crippen LogP contribution in [0.15, 0.2) is 78.9 Å². The number of ether oxygens (including phenoxy) is 1. The molecule has 4 nitrogen and oxygen atoms in total. The standard InChI is InChI=1S/C21H20O.H3NO2S/c1-22-21-13-12-19(14-17-8-4-2-5-9-17)20(16-21)15-18-10-6-3-7-11-18;1-4(2)3/h2-13,16H,14-15H2,1H3;4H,(H2,1,2,3). The van der Waals surface area contributed by atoms with E-state index in [1.54, 1.807) is 7.11 Å². The largest absolute Gasteiger partial charge is 0.497 e. The van der Waals surface area contributed by atoms with Gasteiger partial charge in [0, 0.05) is 0 Å². The molecule has 2 N–H and O–H groups in total. The molecule has 136 valence electrons. The monoisotopic (exact) mass is 369 g/mol. The van der Waals surface area contributed by atoms with Crippen LogP contribution in [0.4, 0.5) is 0 Å². The third kappa shape index (κ3) is 6.70. The van der Waals surface area contributed by atoms with Crippen LogP contribution in [-0.2, 0) is 23.7 Å². The van der Waals surface area contributed by atoms with Gasteiger partial charge in [-0.25, -0.2) is 13.6 Å². The van der Waals surface area contributed by atoms with Gasteiger partial charge in [0.25, 0.3) is 0 Å². The van der Waals surface area contributed by atoms with Gasteiger partial charge in [-0.3, -0.25) is 0 Å². The van der Waals surface area contributed by atoms with Gasteiger partial charge in [0.1, 0.15) is 5.75 Å². The summed E-state index contributed by atoms with van der Waals surface area (Å²) in [6.45, 7) is 0. The number of hydrogen-bond acceptors (Lipinski definition) is 3. The minimum atomic E-state index is -2.62. The first-order valence-corrected chi connectivity index (χ1v) is 9.46. The molecule has 26 heavy (non-hydrogen) atoms. The summed E-state index contributed by atoms with van der Waals surface area (Å²) in [6.07, 6.45) is 1.88. The topological polar surface area (TPSA) is 69.4 Å². The molecule has 0 bridgehead atoms. The van der Waals surface area contributed by atoms with Crippen LogP contribution in [0.3, 0.4) is 0 Å². The molecule has 0 amide bonds. The molecular formula is C21H23NO3S. The Bertz CT molecular complexity index is 870. The second-order valence-electron chi connectivity index (χ2n) is 5.74. The van der Waals surface area contributed by atoms with E-state index in [-0.39, 0.29) is 0 Å². The molecule has 5 heteroatoms. The molecule has 3 rings (SSSR count). The summed E-state index contributed by atoms with van der Waals surface area (Å²) in [6, 6.07) is 27.6. The highest BCUT2D eigenvalue weighted by atomic mass is 32.2. The first kappa shape index (κ1) is 19.7. The van der Waals surface area contributed by atoms with Crippen molar-refractivity contribution < 1.29 is 13.2 Å². The van der Waals surface area contributed by atoms with Crippen LogP contribution in [0.2, 0.25) is 0 Å². The van der Waals surface area contributed by atoms with Crippen molar-refractivity contribution in [2.45, 2.75) is 12.8 Å². The molecule has 0 aromatic heterocycles. The predicted octanol–water partition coefficient (Wildman–Crippen LogP) is 3.35. The van der Waals surface area contributed by atoms with Crippen molar-refractivity contribution in [3.63, 3.8) is 0 Å². The second-order valence-corrected chi connectivity index (χ2v) is 6.32. The molecule has 3 aromatic rings. The first-order chi connectivity index (χ1) is 12.6. The SMILES string of the molecule is COc1ccc(Cc2ccccc2)c(Cc2ccccc2)c1.N[SH](=O)=O. The Morgan fingerprint density at radius 1 is 0.769 bits per heavy atom. The zero-order valence-corrected chi connectivity index (χ0v) is 15.6. The number of methoxy groups -OCH3 is 1. The van der Waals surface area contributed by atoms with Crippen LogP contribution in [0.25, 0.3) is 0 Å². The summed E-state index contributed by atoms with van der Waals surface area (Å²) in [5, 5.41) is 4.06. The van der Waals surface area contributed by atoms with Crippen molar-refractivity contribution in [2.24, 2.45) is 5.14 Å². The minimum absolute atomic E-state index is 0.919. The van der Waals surface area contributed by atoms with E-state index < -0.39 is 10.9 Å². The fraction of sp³-hybridized carbons (Fsp3) is 0.143. The van der Waals surface area contributed by atoms with Crippen LogP contribution in [-0.4, -0.2) is 15.5 Å². The quantitative estimate of drug-likeness (QED) is 0.678. The summed E-state index contributed by atoms with van der Waals surface area (Å²) >= 11 is 0. The number of benzene rings is 3. The maximum atomic E-state index is 8.81. The van der Waals surface area contributed by atoms with Crippen LogP contribution in [0, 0.1) is 0 Å². The van der Waals surface area contributed by atoms with E-state index in [4.69, 9.17) is 13.2 Å². The van der Waals surface area contributed by atoms with E-state index in [0.29, 0.717) is 0 Å². The van der Waals surface area contributed by atoms with Crippen LogP contribution >= 0.6 is 0 Å². The van der Waals surface area contributed by atoms with Gasteiger partial charge in [-0.05, 0) is 47.2 Å². The van der Waals surface area contributed by atoms with Crippen molar-refractivity contribution in [3.05, 3.63) is 101 Å². The lowest BCUT2D eigenvalue weighted by Gasteiger charge is -2.12. The highest BCUT2D eigenvalue weighted by Crippen LogP contribution is 2.23. The third-order valence-corrected chi connectivity index (χ3v) is 3.89.